The van der Waals surface area contributed by atoms with Crippen molar-refractivity contribution in [2.45, 2.75) is 26.2 Å². The van der Waals surface area contributed by atoms with Crippen molar-refractivity contribution < 1.29 is 0 Å². The summed E-state index contributed by atoms with van der Waals surface area (Å²) < 4.78 is 4.84. The van der Waals surface area contributed by atoms with E-state index in [0.717, 1.165) is 28.0 Å². The quantitative estimate of drug-likeness (QED) is 0.111. The van der Waals surface area contributed by atoms with Gasteiger partial charge in [-0.3, -0.25) is 0 Å². The maximum Gasteiger partial charge on any atom is 0.131 e. The fourth-order valence-electron chi connectivity index (χ4n) is 9.46. The minimum atomic E-state index is -0.0929. The number of pyridine rings is 1. The van der Waals surface area contributed by atoms with Crippen LogP contribution in [0.5, 0.6) is 0 Å². The molecule has 0 atom stereocenters. The van der Waals surface area contributed by atoms with E-state index in [9.17, 15) is 0 Å². The van der Waals surface area contributed by atoms with Crippen LogP contribution >= 0.6 is 0 Å². The van der Waals surface area contributed by atoms with Gasteiger partial charge in [0.25, 0.3) is 0 Å². The number of benzene rings is 7. The molecule has 0 unspecified atom stereocenters. The van der Waals surface area contributed by atoms with E-state index in [0.29, 0.717) is 5.84 Å². The third kappa shape index (κ3) is 4.43. The molecular formula is C51H38N4. The molecule has 3 aromatic heterocycles. The van der Waals surface area contributed by atoms with E-state index in [1.54, 1.807) is 0 Å². The number of para-hydroxylation sites is 2. The highest BCUT2D eigenvalue weighted by atomic mass is 15.0. The first-order valence-corrected chi connectivity index (χ1v) is 19.1. The van der Waals surface area contributed by atoms with Crippen molar-refractivity contribution in [3.8, 4) is 16.8 Å². The molecule has 4 nitrogen and oxygen atoms in total. The number of allylic oxidation sites excluding steroid dienone is 1. The maximum atomic E-state index is 6.94. The van der Waals surface area contributed by atoms with Crippen LogP contribution in [-0.4, -0.2) is 14.8 Å². The van der Waals surface area contributed by atoms with Gasteiger partial charge in [0.2, 0.25) is 0 Å². The summed E-state index contributed by atoms with van der Waals surface area (Å²) in [6.45, 7) is 6.65. The van der Waals surface area contributed by atoms with Gasteiger partial charge in [-0.2, -0.15) is 0 Å². The van der Waals surface area contributed by atoms with Crippen molar-refractivity contribution >= 4 is 71.4 Å². The highest BCUT2D eigenvalue weighted by molar-refractivity contribution is 6.23. The number of aromatic nitrogens is 2. The summed E-state index contributed by atoms with van der Waals surface area (Å²) in [5, 5.41) is 7.41. The van der Waals surface area contributed by atoms with Gasteiger partial charge in [-0.25, -0.2) is 4.99 Å². The second kappa shape index (κ2) is 11.5. The monoisotopic (exact) mass is 706 g/mol. The molecule has 1 aliphatic carbocycles. The van der Waals surface area contributed by atoms with Crippen molar-refractivity contribution in [2.24, 2.45) is 10.7 Å². The van der Waals surface area contributed by atoms with Gasteiger partial charge in [0.15, 0.2) is 0 Å². The number of amidine groups is 1. The fraction of sp³-hybridized carbons (Fsp3) is 0.0784. The van der Waals surface area contributed by atoms with E-state index in [-0.39, 0.29) is 5.41 Å². The van der Waals surface area contributed by atoms with Gasteiger partial charge in [0, 0.05) is 49.2 Å². The number of nitrogens with two attached hydrogens (primary N) is 1. The first-order chi connectivity index (χ1) is 26.9. The van der Waals surface area contributed by atoms with Crippen LogP contribution in [0.3, 0.4) is 0 Å². The Kier molecular flexibility index (Phi) is 6.63. The van der Waals surface area contributed by atoms with E-state index >= 15 is 0 Å². The molecule has 0 saturated heterocycles. The summed E-state index contributed by atoms with van der Waals surface area (Å²) in [6, 6.07) is 57.2. The molecular weight excluding hydrogens is 669 g/mol. The van der Waals surface area contributed by atoms with E-state index in [4.69, 9.17) is 10.7 Å². The summed E-state index contributed by atoms with van der Waals surface area (Å²) in [7, 11) is 0. The van der Waals surface area contributed by atoms with Crippen LogP contribution in [0.2, 0.25) is 0 Å². The Labute approximate surface area is 319 Å². The van der Waals surface area contributed by atoms with E-state index < -0.39 is 0 Å². The fourth-order valence-corrected chi connectivity index (χ4v) is 9.46. The van der Waals surface area contributed by atoms with Crippen LogP contribution in [0, 0.1) is 0 Å². The van der Waals surface area contributed by atoms with Gasteiger partial charge in [0.1, 0.15) is 5.84 Å². The van der Waals surface area contributed by atoms with Gasteiger partial charge in [-0.1, -0.05) is 135 Å². The largest absolute Gasteiger partial charge is 0.383 e. The molecule has 262 valence electrons. The first-order valence-electron chi connectivity index (χ1n) is 19.1. The second-order valence-corrected chi connectivity index (χ2v) is 15.3. The Morgan fingerprint density at radius 1 is 0.527 bits per heavy atom. The van der Waals surface area contributed by atoms with Crippen LogP contribution in [0.4, 0.5) is 0 Å². The Morgan fingerprint density at radius 3 is 1.98 bits per heavy atom. The molecule has 3 heterocycles. The average Bonchev–Trinajstić information content (AvgIpc) is 3.86. The smallest absolute Gasteiger partial charge is 0.131 e. The molecule has 0 saturated carbocycles. The second-order valence-electron chi connectivity index (χ2n) is 15.3. The predicted octanol–water partition coefficient (Wildman–Crippen LogP) is 12.6. The minimum absolute atomic E-state index is 0.0929. The first kappa shape index (κ1) is 31.6. The summed E-state index contributed by atoms with van der Waals surface area (Å²) >= 11 is 0. The van der Waals surface area contributed by atoms with Crippen LogP contribution in [-0.2, 0) is 5.41 Å². The number of hydrogen-bond donors (Lipinski definition) is 1. The SMILES string of the molecule is C/C=C(\N=C(N)c1cccc(-n2c3ccccc3c3ccc4c(cc5c6ccccc6c6ccccc6n54)c32)c1)c1ccc2c(c1)C(C)(C)c1ccccc1-2. The summed E-state index contributed by atoms with van der Waals surface area (Å²) in [4.78, 5) is 5.08. The summed E-state index contributed by atoms with van der Waals surface area (Å²) in [6.07, 6.45) is 2.06. The Balaban J connectivity index is 1.08. The van der Waals surface area contributed by atoms with Crippen molar-refractivity contribution in [3.05, 3.63) is 186 Å². The lowest BCUT2D eigenvalue weighted by atomic mass is 9.82. The molecule has 1 aliphatic rings. The van der Waals surface area contributed by atoms with Crippen molar-refractivity contribution in [2.75, 3.05) is 0 Å². The minimum Gasteiger partial charge on any atom is -0.383 e. The number of rotatable bonds is 4. The predicted molar refractivity (Wildman–Crippen MR) is 233 cm³/mol. The number of aliphatic imine (C=N–C) groups is 1. The van der Waals surface area contributed by atoms with Gasteiger partial charge >= 0.3 is 0 Å². The Bertz CT molecular complexity index is 3310. The molecule has 0 aliphatic heterocycles. The van der Waals surface area contributed by atoms with Gasteiger partial charge in [-0.05, 0) is 77.0 Å². The van der Waals surface area contributed by atoms with Gasteiger partial charge < -0.3 is 14.7 Å². The third-order valence-corrected chi connectivity index (χ3v) is 12.0. The molecule has 7 aromatic carbocycles. The third-order valence-electron chi connectivity index (χ3n) is 12.0. The lowest BCUT2D eigenvalue weighted by Gasteiger charge is -2.22. The van der Waals surface area contributed by atoms with Crippen LogP contribution in [0.25, 0.3) is 82.4 Å². The van der Waals surface area contributed by atoms with Crippen LogP contribution in [0.1, 0.15) is 43.0 Å². The molecule has 10 aromatic rings. The van der Waals surface area contributed by atoms with E-state index in [2.05, 4.69) is 187 Å². The zero-order valence-corrected chi connectivity index (χ0v) is 31.0. The number of hydrogen-bond acceptors (Lipinski definition) is 1. The van der Waals surface area contributed by atoms with Crippen LogP contribution < -0.4 is 5.73 Å². The number of nitrogens with zero attached hydrogens (tertiary/aromatic N) is 3. The highest BCUT2D eigenvalue weighted by Gasteiger charge is 2.35. The van der Waals surface area contributed by atoms with Crippen molar-refractivity contribution in [3.63, 3.8) is 0 Å². The van der Waals surface area contributed by atoms with Gasteiger partial charge in [-0.15, -0.1) is 0 Å². The molecule has 0 radical (unpaired) electrons. The normalized spacial score (nSPS) is 14.2. The lowest BCUT2D eigenvalue weighted by molar-refractivity contribution is 0.660. The average molecular weight is 707 g/mol. The van der Waals surface area contributed by atoms with Crippen molar-refractivity contribution in [1.82, 2.24) is 8.97 Å². The number of fused-ring (bicyclic) bond motifs is 15. The lowest BCUT2D eigenvalue weighted by Crippen LogP contribution is -2.15. The molecule has 11 rings (SSSR count). The summed E-state index contributed by atoms with van der Waals surface area (Å²) in [5.74, 6) is 0.483. The molecule has 2 N–H and O–H groups in total. The summed E-state index contributed by atoms with van der Waals surface area (Å²) in [5.41, 5.74) is 21.9. The Hall–Kier alpha value is -6.91. The molecule has 0 amide bonds. The zero-order chi connectivity index (χ0) is 37.0. The van der Waals surface area contributed by atoms with Gasteiger partial charge in [0.05, 0.1) is 33.3 Å². The van der Waals surface area contributed by atoms with Crippen molar-refractivity contribution in [1.29, 1.82) is 0 Å². The maximum absolute atomic E-state index is 6.94. The molecule has 0 bridgehead atoms. The molecule has 0 fully saturated rings. The molecule has 55 heavy (non-hydrogen) atoms. The zero-order valence-electron chi connectivity index (χ0n) is 31.0. The van der Waals surface area contributed by atoms with E-state index in [1.165, 1.54) is 76.6 Å². The highest BCUT2D eigenvalue weighted by Crippen LogP contribution is 2.49. The molecule has 0 spiro atoms. The topological polar surface area (TPSA) is 47.7 Å². The van der Waals surface area contributed by atoms with Crippen LogP contribution in [0.15, 0.2) is 169 Å². The van der Waals surface area contributed by atoms with E-state index in [1.807, 2.05) is 6.92 Å². The molecule has 4 heteroatoms. The standard InChI is InChI=1S/C51H38N4/c1-4-44(31-24-25-36-35-17-7-10-21-42(35)51(2,3)43(36)29-31)53-50(52)32-14-13-15-33(28-32)54-45-22-11-9-20-39(45)40-26-27-47-41(49(40)54)30-48-38-19-6-5-16-34(38)37-18-8-12-23-46(37)55(47)48/h4-30H,1-3H3,(H2,52,53)/b44-4-. The Morgan fingerprint density at radius 2 is 1.18 bits per heavy atom.